The van der Waals surface area contributed by atoms with E-state index in [1.165, 1.54) is 17.9 Å². The number of rotatable bonds is 5. The second-order valence-corrected chi connectivity index (χ2v) is 4.93. The van der Waals surface area contributed by atoms with Crippen molar-refractivity contribution in [3.05, 3.63) is 45.4 Å². The molecule has 6 nitrogen and oxygen atoms in total. The van der Waals surface area contributed by atoms with Crippen LogP contribution in [0.15, 0.2) is 22.7 Å². The number of nitrogens with zero attached hydrogens (tertiary/aromatic N) is 3. The van der Waals surface area contributed by atoms with Crippen LogP contribution in [0.2, 0.25) is 0 Å². The molecule has 0 radical (unpaired) electrons. The lowest BCUT2D eigenvalue weighted by Gasteiger charge is -2.07. The molecule has 0 unspecified atom stereocenters. The molecule has 0 bridgehead atoms. The molecule has 8 heteroatoms. The lowest BCUT2D eigenvalue weighted by Crippen LogP contribution is -2.11. The first-order chi connectivity index (χ1) is 9.52. The molecular weight excluding hydrogens is 333 g/mol. The molecule has 1 heterocycles. The third kappa shape index (κ3) is 3.02. The van der Waals surface area contributed by atoms with Gasteiger partial charge in [-0.05, 0) is 12.1 Å². The molecule has 0 saturated carbocycles. The summed E-state index contributed by atoms with van der Waals surface area (Å²) in [6, 6.07) is 4.63. The number of hydrogen-bond donors (Lipinski definition) is 1. The molecular formula is C12H11BrFN3O3. The molecule has 0 spiro atoms. The van der Waals surface area contributed by atoms with Crippen molar-refractivity contribution in [3.63, 3.8) is 0 Å². The Hall–Kier alpha value is -1.80. The maximum atomic E-state index is 13.8. The number of hydrogen-bond acceptors (Lipinski definition) is 4. The molecule has 0 amide bonds. The monoisotopic (exact) mass is 343 g/mol. The average molecular weight is 344 g/mol. The molecule has 0 aliphatic carbocycles. The van der Waals surface area contributed by atoms with Gasteiger partial charge in [-0.15, -0.1) is 5.10 Å². The number of methoxy groups -OCH3 is 1. The highest BCUT2D eigenvalue weighted by atomic mass is 79.9. The van der Waals surface area contributed by atoms with Gasteiger partial charge in [0.15, 0.2) is 5.69 Å². The van der Waals surface area contributed by atoms with E-state index < -0.39 is 11.8 Å². The second-order valence-electron chi connectivity index (χ2n) is 4.02. The number of halogens is 2. The van der Waals surface area contributed by atoms with Crippen LogP contribution in [0.5, 0.6) is 0 Å². The van der Waals surface area contributed by atoms with E-state index in [0.29, 0.717) is 15.7 Å². The van der Waals surface area contributed by atoms with Gasteiger partial charge in [0, 0.05) is 17.1 Å². The van der Waals surface area contributed by atoms with E-state index in [-0.39, 0.29) is 18.8 Å². The quantitative estimate of drug-likeness (QED) is 0.899. The fourth-order valence-corrected chi connectivity index (χ4v) is 2.05. The Labute approximate surface area is 122 Å². The molecule has 2 aromatic rings. The minimum absolute atomic E-state index is 0.0345. The highest BCUT2D eigenvalue weighted by molar-refractivity contribution is 9.10. The Morgan fingerprint density at radius 2 is 2.30 bits per heavy atom. The number of aromatic carboxylic acids is 1. The van der Waals surface area contributed by atoms with Crippen LogP contribution in [0.3, 0.4) is 0 Å². The molecule has 0 fully saturated rings. The fourth-order valence-electron chi connectivity index (χ4n) is 1.72. The first-order valence-electron chi connectivity index (χ1n) is 5.61. The summed E-state index contributed by atoms with van der Waals surface area (Å²) in [5.41, 5.74) is 0.485. The number of carboxylic acid groups (broad SMARTS) is 1. The van der Waals surface area contributed by atoms with Crippen molar-refractivity contribution in [2.45, 2.75) is 13.2 Å². The highest BCUT2D eigenvalue weighted by Gasteiger charge is 2.19. The number of ether oxygens (including phenoxy) is 1. The molecule has 1 N–H and O–H groups in total. The normalized spacial score (nSPS) is 10.8. The van der Waals surface area contributed by atoms with Gasteiger partial charge in [0.1, 0.15) is 5.82 Å². The van der Waals surface area contributed by atoms with Crippen molar-refractivity contribution in [1.82, 2.24) is 15.0 Å². The maximum Gasteiger partial charge on any atom is 0.358 e. The van der Waals surface area contributed by atoms with E-state index in [2.05, 4.69) is 26.2 Å². The van der Waals surface area contributed by atoms with Crippen molar-refractivity contribution in [1.29, 1.82) is 0 Å². The molecule has 1 aromatic carbocycles. The van der Waals surface area contributed by atoms with Gasteiger partial charge in [0.2, 0.25) is 0 Å². The van der Waals surface area contributed by atoms with Gasteiger partial charge in [-0.1, -0.05) is 27.2 Å². The summed E-state index contributed by atoms with van der Waals surface area (Å²) >= 11 is 3.17. The Morgan fingerprint density at radius 1 is 1.55 bits per heavy atom. The Bertz CT molecular complexity index is 645. The Kier molecular flexibility index (Phi) is 4.46. The molecule has 106 valence electrons. The third-order valence-corrected chi connectivity index (χ3v) is 3.15. The number of carbonyl (C=O) groups is 1. The van der Waals surface area contributed by atoms with Crippen molar-refractivity contribution in [2.24, 2.45) is 0 Å². The first-order valence-corrected chi connectivity index (χ1v) is 6.40. The van der Waals surface area contributed by atoms with Crippen LogP contribution in [0, 0.1) is 5.82 Å². The van der Waals surface area contributed by atoms with Crippen molar-refractivity contribution < 1.29 is 19.0 Å². The number of aromatic nitrogens is 3. The van der Waals surface area contributed by atoms with Crippen LogP contribution in [0.1, 0.15) is 21.7 Å². The van der Waals surface area contributed by atoms with Crippen LogP contribution in [0.4, 0.5) is 4.39 Å². The molecule has 20 heavy (non-hydrogen) atoms. The van der Waals surface area contributed by atoms with Gasteiger partial charge < -0.3 is 9.84 Å². The lowest BCUT2D eigenvalue weighted by molar-refractivity contribution is 0.0684. The van der Waals surface area contributed by atoms with Crippen LogP contribution in [-0.4, -0.2) is 33.2 Å². The molecule has 1 aromatic heterocycles. The van der Waals surface area contributed by atoms with Crippen molar-refractivity contribution in [3.8, 4) is 0 Å². The molecule has 0 saturated heterocycles. The van der Waals surface area contributed by atoms with Gasteiger partial charge in [0.05, 0.1) is 18.8 Å². The van der Waals surface area contributed by atoms with E-state index >= 15 is 0 Å². The number of benzene rings is 1. The van der Waals surface area contributed by atoms with E-state index in [0.717, 1.165) is 0 Å². The van der Waals surface area contributed by atoms with E-state index in [1.54, 1.807) is 12.1 Å². The number of carboxylic acids is 1. The summed E-state index contributed by atoms with van der Waals surface area (Å²) in [5.74, 6) is -1.60. The summed E-state index contributed by atoms with van der Waals surface area (Å²) in [6.45, 7) is 0.116. The predicted octanol–water partition coefficient (Wildman–Crippen LogP) is 2.07. The molecule has 2 rings (SSSR count). The van der Waals surface area contributed by atoms with Crippen molar-refractivity contribution >= 4 is 21.9 Å². The van der Waals surface area contributed by atoms with Crippen LogP contribution in [-0.2, 0) is 17.9 Å². The SMILES string of the molecule is COCc1c(C(=O)O)nnn1Cc1ccc(Br)cc1F. The Balaban J connectivity index is 2.35. The smallest absolute Gasteiger partial charge is 0.358 e. The summed E-state index contributed by atoms with van der Waals surface area (Å²) in [7, 11) is 1.43. The summed E-state index contributed by atoms with van der Waals surface area (Å²) < 4.78 is 20.7. The average Bonchev–Trinajstić information content (AvgIpc) is 2.77. The summed E-state index contributed by atoms with van der Waals surface area (Å²) in [5, 5.41) is 16.3. The van der Waals surface area contributed by atoms with Crippen LogP contribution >= 0.6 is 15.9 Å². The third-order valence-electron chi connectivity index (χ3n) is 2.66. The standard InChI is InChI=1S/C12H11BrFN3O3/c1-20-6-10-11(12(18)19)15-16-17(10)5-7-2-3-8(13)4-9(7)14/h2-4H,5-6H2,1H3,(H,18,19). The zero-order valence-corrected chi connectivity index (χ0v) is 12.1. The lowest BCUT2D eigenvalue weighted by atomic mass is 10.2. The second kappa shape index (κ2) is 6.10. The minimum Gasteiger partial charge on any atom is -0.476 e. The zero-order chi connectivity index (χ0) is 14.7. The summed E-state index contributed by atoms with van der Waals surface area (Å²) in [6.07, 6.45) is 0. The minimum atomic E-state index is -1.19. The highest BCUT2D eigenvalue weighted by Crippen LogP contribution is 2.17. The fraction of sp³-hybridized carbons (Fsp3) is 0.250. The van der Waals surface area contributed by atoms with Crippen LogP contribution < -0.4 is 0 Å². The molecule has 0 aliphatic heterocycles. The van der Waals surface area contributed by atoms with Gasteiger partial charge in [-0.25, -0.2) is 13.9 Å². The largest absolute Gasteiger partial charge is 0.476 e. The van der Waals surface area contributed by atoms with E-state index in [9.17, 15) is 9.18 Å². The molecule has 0 aliphatic rings. The first kappa shape index (κ1) is 14.6. The van der Waals surface area contributed by atoms with Gasteiger partial charge >= 0.3 is 5.97 Å². The van der Waals surface area contributed by atoms with Gasteiger partial charge in [0.25, 0.3) is 0 Å². The predicted molar refractivity (Wildman–Crippen MR) is 70.9 cm³/mol. The van der Waals surface area contributed by atoms with E-state index in [1.807, 2.05) is 0 Å². The van der Waals surface area contributed by atoms with Gasteiger partial charge in [-0.2, -0.15) is 0 Å². The summed E-state index contributed by atoms with van der Waals surface area (Å²) in [4.78, 5) is 11.0. The van der Waals surface area contributed by atoms with Crippen molar-refractivity contribution in [2.75, 3.05) is 7.11 Å². The van der Waals surface area contributed by atoms with Crippen LogP contribution in [0.25, 0.3) is 0 Å². The molecule has 0 atom stereocenters. The zero-order valence-electron chi connectivity index (χ0n) is 10.5. The maximum absolute atomic E-state index is 13.8. The van der Waals surface area contributed by atoms with E-state index in [4.69, 9.17) is 9.84 Å². The Morgan fingerprint density at radius 3 is 2.90 bits per heavy atom. The topological polar surface area (TPSA) is 77.2 Å². The van der Waals surface area contributed by atoms with Gasteiger partial charge in [-0.3, -0.25) is 0 Å².